The molecule has 0 bridgehead atoms. The molecular weight excluding hydrogens is 587 g/mol. The quantitative estimate of drug-likeness (QED) is 0.350. The molecule has 0 saturated heterocycles. The first-order valence-corrected chi connectivity index (χ1v) is 18.2. The summed E-state index contributed by atoms with van der Waals surface area (Å²) in [7, 11) is 0. The molecule has 5 rings (SSSR count). The Bertz CT molecular complexity index is 1110. The molecule has 194 valence electrons. The van der Waals surface area contributed by atoms with Crippen LogP contribution in [0.4, 0.5) is 0 Å². The summed E-state index contributed by atoms with van der Waals surface area (Å²) in [6.07, 6.45) is 27.3. The molecule has 0 radical (unpaired) electrons. The molecule has 0 atom stereocenters. The van der Waals surface area contributed by atoms with Crippen LogP contribution in [0.15, 0.2) is 112 Å². The summed E-state index contributed by atoms with van der Waals surface area (Å²) in [6, 6.07) is 12.0. The fraction of sp³-hybridized carbons (Fsp3) is 0.333. The molecule has 0 unspecified atom stereocenters. The Morgan fingerprint density at radius 1 is 0.757 bits per heavy atom. The minimum atomic E-state index is 0. The number of benzene rings is 1. The molecular formula is C33H38Cl2SiZr-2. The predicted octanol–water partition coefficient (Wildman–Crippen LogP) is 2.27. The summed E-state index contributed by atoms with van der Waals surface area (Å²) in [5.41, 5.74) is 9.98. The molecule has 0 N–H and O–H groups in total. The van der Waals surface area contributed by atoms with Crippen LogP contribution in [-0.2, 0) is 29.4 Å². The van der Waals surface area contributed by atoms with Gasteiger partial charge in [0, 0.05) is 0 Å². The summed E-state index contributed by atoms with van der Waals surface area (Å²) < 4.78 is 0. The molecule has 0 aromatic heterocycles. The van der Waals surface area contributed by atoms with E-state index in [1.54, 1.807) is 23.3 Å². The fourth-order valence-corrected chi connectivity index (χ4v) is 6.85. The Labute approximate surface area is 254 Å². The van der Waals surface area contributed by atoms with Gasteiger partial charge in [0.2, 0.25) is 0 Å². The molecule has 0 fully saturated rings. The zero-order valence-electron chi connectivity index (χ0n) is 23.0. The second-order valence-electron chi connectivity index (χ2n) is 10.8. The summed E-state index contributed by atoms with van der Waals surface area (Å²) in [6.45, 7) is 13.4. The van der Waals surface area contributed by atoms with Crippen molar-refractivity contribution in [2.75, 3.05) is 0 Å². The summed E-state index contributed by atoms with van der Waals surface area (Å²) >= 11 is 1.72. The molecule has 0 amide bonds. The molecule has 4 aliphatic carbocycles. The first kappa shape index (κ1) is 33.8. The van der Waals surface area contributed by atoms with Crippen molar-refractivity contribution in [3.8, 4) is 0 Å². The van der Waals surface area contributed by atoms with Crippen LogP contribution >= 0.6 is 0 Å². The van der Waals surface area contributed by atoms with Crippen molar-refractivity contribution in [1.29, 1.82) is 0 Å². The first-order chi connectivity index (χ1) is 16.6. The maximum absolute atomic E-state index is 3.39. The van der Waals surface area contributed by atoms with E-state index in [1.807, 2.05) is 0 Å². The van der Waals surface area contributed by atoms with E-state index in [4.69, 9.17) is 0 Å². The van der Waals surface area contributed by atoms with Gasteiger partial charge in [-0.3, -0.25) is 0 Å². The van der Waals surface area contributed by atoms with Crippen LogP contribution in [0.5, 0.6) is 0 Å². The average Bonchev–Trinajstić information content (AvgIpc) is 3.31. The van der Waals surface area contributed by atoms with Crippen molar-refractivity contribution in [1.82, 2.24) is 0 Å². The third kappa shape index (κ3) is 9.81. The Hall–Kier alpha value is -1.18. The standard InChI is InChI=1S/2C13H15.C7H8Si.2ClH.Zr/c2*1-10-8-11-6-4-5-7-13(2,3)12(11)9-10;8-6-7-4-2-1-3-5-7;;;/h2*4-6,9H,7H2,1-3H3;1-5,8H,6H2;2*1H;/q2*-1;;;;+2/p-2. The second-order valence-corrected chi connectivity index (χ2v) is 14.6. The van der Waals surface area contributed by atoms with Gasteiger partial charge < -0.3 is 24.8 Å². The van der Waals surface area contributed by atoms with E-state index in [2.05, 4.69) is 133 Å². The van der Waals surface area contributed by atoms with Crippen LogP contribution < -0.4 is 24.8 Å². The molecule has 0 aliphatic heterocycles. The number of hydrogen-bond donors (Lipinski definition) is 0. The van der Waals surface area contributed by atoms with Crippen molar-refractivity contribution in [2.24, 2.45) is 10.8 Å². The van der Waals surface area contributed by atoms with Crippen LogP contribution in [0, 0.1) is 23.0 Å². The van der Waals surface area contributed by atoms with Crippen LogP contribution in [0.25, 0.3) is 0 Å². The molecule has 0 nitrogen and oxygen atoms in total. The molecule has 4 aliphatic rings. The van der Waals surface area contributed by atoms with Crippen LogP contribution in [-0.4, -0.2) is 6.16 Å². The van der Waals surface area contributed by atoms with Crippen LogP contribution in [0.1, 0.15) is 59.9 Å². The summed E-state index contributed by atoms with van der Waals surface area (Å²) in [5.74, 6) is 0. The van der Waals surface area contributed by atoms with Gasteiger partial charge in [-0.25, -0.2) is 0 Å². The number of fused-ring (bicyclic) bond motifs is 2. The molecule has 4 heteroatoms. The number of allylic oxidation sites excluding steroid dienone is 16. The zero-order valence-corrected chi connectivity index (χ0v) is 28.1. The van der Waals surface area contributed by atoms with Crippen LogP contribution in [0.3, 0.4) is 0 Å². The van der Waals surface area contributed by atoms with Gasteiger partial charge in [0.15, 0.2) is 0 Å². The Morgan fingerprint density at radius 2 is 1.19 bits per heavy atom. The summed E-state index contributed by atoms with van der Waals surface area (Å²) in [5, 5.41) is 0. The van der Waals surface area contributed by atoms with Gasteiger partial charge in [0.05, 0.1) is 0 Å². The van der Waals surface area contributed by atoms with Crippen molar-refractivity contribution in [3.63, 3.8) is 0 Å². The fourth-order valence-electron chi connectivity index (χ4n) is 4.61. The first-order valence-electron chi connectivity index (χ1n) is 12.6. The Kier molecular flexibility index (Phi) is 14.1. The van der Waals surface area contributed by atoms with Gasteiger partial charge in [0.1, 0.15) is 0 Å². The van der Waals surface area contributed by atoms with Crippen molar-refractivity contribution < 1.29 is 48.1 Å². The molecule has 0 heterocycles. The van der Waals surface area contributed by atoms with E-state index in [9.17, 15) is 0 Å². The maximum atomic E-state index is 3.39. The van der Waals surface area contributed by atoms with Gasteiger partial charge in [0.25, 0.3) is 0 Å². The Morgan fingerprint density at radius 3 is 1.59 bits per heavy atom. The minimum absolute atomic E-state index is 0. The SMILES string of the molecule is CC1=[C-]C2=CC=CCC(C)(C)C2=C1.CC1=[C-]C2=CC=CCC(C)(C)C2=C1.[Cl-].[Cl-].[Zr+2]=[SiH]Cc1ccccc1. The number of hydrogen-bond acceptors (Lipinski definition) is 0. The van der Waals surface area contributed by atoms with E-state index in [-0.39, 0.29) is 35.6 Å². The molecule has 0 saturated carbocycles. The number of rotatable bonds is 2. The van der Waals surface area contributed by atoms with E-state index in [0.717, 1.165) is 12.8 Å². The van der Waals surface area contributed by atoms with Crippen molar-refractivity contribution >= 4 is 6.16 Å². The molecule has 1 aromatic rings. The third-order valence-corrected chi connectivity index (χ3v) is 8.84. The van der Waals surface area contributed by atoms with Gasteiger partial charge in [-0.1, -0.05) is 53.7 Å². The van der Waals surface area contributed by atoms with Crippen LogP contribution in [0.2, 0.25) is 0 Å². The normalized spacial score (nSPS) is 19.4. The monoisotopic (exact) mass is 622 g/mol. The molecule has 37 heavy (non-hydrogen) atoms. The number of halogens is 2. The second kappa shape index (κ2) is 15.4. The van der Waals surface area contributed by atoms with Crippen molar-refractivity contribution in [3.05, 3.63) is 130 Å². The zero-order chi connectivity index (χ0) is 25.5. The van der Waals surface area contributed by atoms with E-state index >= 15 is 0 Å². The van der Waals surface area contributed by atoms with Gasteiger partial charge in [-0.2, -0.15) is 34.4 Å². The van der Waals surface area contributed by atoms with Crippen molar-refractivity contribution in [2.45, 2.75) is 60.4 Å². The molecule has 0 spiro atoms. The average molecular weight is 625 g/mol. The summed E-state index contributed by atoms with van der Waals surface area (Å²) in [4.78, 5) is 0. The Balaban J connectivity index is 0.000000275. The predicted molar refractivity (Wildman–Crippen MR) is 150 cm³/mol. The van der Waals surface area contributed by atoms with Gasteiger partial charge >= 0.3 is 71.4 Å². The third-order valence-electron chi connectivity index (χ3n) is 6.66. The van der Waals surface area contributed by atoms with Gasteiger partial charge in [-0.05, 0) is 23.7 Å². The van der Waals surface area contributed by atoms with E-state index in [1.165, 1.54) is 45.0 Å². The van der Waals surface area contributed by atoms with E-state index < -0.39 is 0 Å². The topological polar surface area (TPSA) is 0 Å². The van der Waals surface area contributed by atoms with Gasteiger partial charge in [-0.15, -0.1) is 47.6 Å². The molecule has 1 aromatic carbocycles. The van der Waals surface area contributed by atoms with E-state index in [0.29, 0.717) is 6.16 Å².